The maximum Gasteiger partial charge on any atom is 0.356 e. The van der Waals surface area contributed by atoms with Crippen molar-refractivity contribution < 1.29 is 23.9 Å². The van der Waals surface area contributed by atoms with Crippen LogP contribution in [-0.4, -0.2) is 71.0 Å². The van der Waals surface area contributed by atoms with Crippen LogP contribution < -0.4 is 21.5 Å². The second kappa shape index (κ2) is 15.8. The van der Waals surface area contributed by atoms with E-state index in [4.69, 9.17) is 44.1 Å². The predicted octanol–water partition coefficient (Wildman–Crippen LogP) is 3.63. The van der Waals surface area contributed by atoms with Gasteiger partial charge in [0, 0.05) is 33.1 Å². The molecular weight excluding hydrogens is 653 g/mol. The summed E-state index contributed by atoms with van der Waals surface area (Å²) in [6.45, 7) is 0.404. The Morgan fingerprint density at radius 2 is 1.88 bits per heavy atom. The Kier molecular flexibility index (Phi) is 12.2. The number of aliphatic imine (C=N–C) groups is 1. The highest BCUT2D eigenvalue weighted by molar-refractivity contribution is 8.06. The van der Waals surface area contributed by atoms with E-state index in [0.29, 0.717) is 34.6 Å². The third-order valence-electron chi connectivity index (χ3n) is 6.39. The number of nitrogens with zero attached hydrogens (tertiary/aromatic N) is 2. The van der Waals surface area contributed by atoms with Crippen molar-refractivity contribution >= 4 is 82.2 Å². The number of ether oxygens (including phenoxy) is 2. The van der Waals surface area contributed by atoms with E-state index in [1.54, 1.807) is 31.4 Å². The zero-order valence-electron chi connectivity index (χ0n) is 23.2. The number of β-lactam (4-membered cyclic amide) rings is 1. The molecule has 230 valence electrons. The van der Waals surface area contributed by atoms with Gasteiger partial charge in [-0.2, -0.15) is 11.8 Å². The molecular formula is C28H31Cl2N5O5S3. The first kappa shape index (κ1) is 33.2. The molecule has 0 spiro atoms. The van der Waals surface area contributed by atoms with Gasteiger partial charge in [0.05, 0.1) is 19.4 Å². The molecule has 2 aliphatic heterocycles. The third kappa shape index (κ3) is 8.48. The molecule has 0 bridgehead atoms. The van der Waals surface area contributed by atoms with Crippen LogP contribution in [0, 0.1) is 0 Å². The summed E-state index contributed by atoms with van der Waals surface area (Å²) in [4.78, 5) is 46.4. The van der Waals surface area contributed by atoms with E-state index in [1.807, 2.05) is 18.2 Å². The summed E-state index contributed by atoms with van der Waals surface area (Å²) in [6, 6.07) is 12.2. The lowest BCUT2D eigenvalue weighted by atomic mass is 10.1. The standard InChI is InChI=1S/C28H31Cl2N5O5S3/c1-39-19-5-2-16(3-6-19)13-40-27(38)24-21(43-20-7-4-17(11-29)10-18(20)12-30)14-42-26-23(25(37)35(24)26)34-22(36)15-41-9-8-33-28(31)32/h2-7,10,23,26H,8-9,11-15H2,1H3,(H,34,36)(H4,31,32,33)/t23-,26-/m1/s1. The number of guanidine groups is 1. The Bertz CT molecular complexity index is 1410. The molecule has 43 heavy (non-hydrogen) atoms. The number of fused-ring (bicyclic) bond motifs is 1. The number of carbonyl (C=O) groups excluding carboxylic acids is 3. The lowest BCUT2D eigenvalue weighted by molar-refractivity contribution is -0.153. The number of alkyl halides is 2. The average Bonchev–Trinajstić information content (AvgIpc) is 3.02. The topological polar surface area (TPSA) is 149 Å². The number of halogens is 2. The average molecular weight is 685 g/mol. The second-order valence-corrected chi connectivity index (χ2v) is 13.2. The number of nitrogens with two attached hydrogens (primary N) is 2. The zero-order chi connectivity index (χ0) is 30.9. The van der Waals surface area contributed by atoms with Crippen molar-refractivity contribution in [3.8, 4) is 5.75 Å². The SMILES string of the molecule is COc1ccc(COC(=O)C2=C(Sc3ccc(CCl)cc3CCl)CS[C@@H]3[C@H](NC(=O)CSCCN=C(N)N)C(=O)N23)cc1. The first-order chi connectivity index (χ1) is 20.7. The van der Waals surface area contributed by atoms with Crippen LogP contribution in [0.15, 0.2) is 63.0 Å². The Balaban J connectivity index is 1.51. The van der Waals surface area contributed by atoms with Crippen LogP contribution >= 0.6 is 58.5 Å². The quantitative estimate of drug-likeness (QED) is 0.0673. The van der Waals surface area contributed by atoms with Crippen molar-refractivity contribution in [2.45, 2.75) is 34.7 Å². The van der Waals surface area contributed by atoms with Crippen LogP contribution in [0.25, 0.3) is 0 Å². The number of esters is 1. The van der Waals surface area contributed by atoms with Crippen LogP contribution in [0.3, 0.4) is 0 Å². The van der Waals surface area contributed by atoms with Gasteiger partial charge < -0.3 is 26.3 Å². The smallest absolute Gasteiger partial charge is 0.356 e. The molecule has 10 nitrogen and oxygen atoms in total. The number of thioether (sulfide) groups is 3. The summed E-state index contributed by atoms with van der Waals surface area (Å²) in [5, 5.41) is 2.37. The summed E-state index contributed by atoms with van der Waals surface area (Å²) in [5.41, 5.74) is 13.4. The van der Waals surface area contributed by atoms with Crippen molar-refractivity contribution in [1.29, 1.82) is 0 Å². The van der Waals surface area contributed by atoms with Gasteiger partial charge in [-0.1, -0.05) is 36.0 Å². The molecule has 2 heterocycles. The molecule has 0 radical (unpaired) electrons. The Labute approximate surface area is 272 Å². The van der Waals surface area contributed by atoms with Gasteiger partial charge in [0.25, 0.3) is 5.91 Å². The van der Waals surface area contributed by atoms with E-state index >= 15 is 0 Å². The van der Waals surface area contributed by atoms with Crippen LogP contribution in [0.5, 0.6) is 5.75 Å². The predicted molar refractivity (Wildman–Crippen MR) is 174 cm³/mol. The maximum absolute atomic E-state index is 13.6. The van der Waals surface area contributed by atoms with Crippen molar-refractivity contribution in [1.82, 2.24) is 10.2 Å². The first-order valence-corrected chi connectivity index (χ1v) is 17.2. The Morgan fingerprint density at radius 1 is 1.14 bits per heavy atom. The van der Waals surface area contributed by atoms with Gasteiger partial charge in [0.15, 0.2) is 5.96 Å². The molecule has 2 amide bonds. The Hall–Kier alpha value is -2.71. The molecule has 2 aromatic carbocycles. The molecule has 0 aliphatic carbocycles. The summed E-state index contributed by atoms with van der Waals surface area (Å²) in [5.74, 6) is 1.14. The second-order valence-electron chi connectivity index (χ2n) is 9.32. The summed E-state index contributed by atoms with van der Waals surface area (Å²) in [6.07, 6.45) is 0. The summed E-state index contributed by atoms with van der Waals surface area (Å²) < 4.78 is 10.9. The van der Waals surface area contributed by atoms with Crippen LogP contribution in [0.1, 0.15) is 16.7 Å². The molecule has 1 saturated heterocycles. The van der Waals surface area contributed by atoms with Gasteiger partial charge in [0.1, 0.15) is 29.5 Å². The number of carbonyl (C=O) groups is 3. The molecule has 0 aromatic heterocycles. The minimum absolute atomic E-state index is 0.00500. The number of hydrogen-bond donors (Lipinski definition) is 3. The largest absolute Gasteiger partial charge is 0.497 e. The Morgan fingerprint density at radius 3 is 2.56 bits per heavy atom. The minimum atomic E-state index is -0.756. The van der Waals surface area contributed by atoms with Crippen molar-refractivity contribution in [3.63, 3.8) is 0 Å². The lowest BCUT2D eigenvalue weighted by Crippen LogP contribution is -2.70. The van der Waals surface area contributed by atoms with Gasteiger partial charge in [-0.05, 0) is 34.9 Å². The number of methoxy groups -OCH3 is 1. The number of amides is 2. The van der Waals surface area contributed by atoms with Gasteiger partial charge in [-0.25, -0.2) is 4.79 Å². The molecule has 2 aromatic rings. The minimum Gasteiger partial charge on any atom is -0.497 e. The van der Waals surface area contributed by atoms with E-state index in [0.717, 1.165) is 21.6 Å². The number of hydrogen-bond acceptors (Lipinski definition) is 9. The van der Waals surface area contributed by atoms with Gasteiger partial charge in [-0.15, -0.1) is 35.0 Å². The van der Waals surface area contributed by atoms with E-state index in [2.05, 4.69) is 10.3 Å². The van der Waals surface area contributed by atoms with Crippen LogP contribution in [-0.2, 0) is 37.5 Å². The van der Waals surface area contributed by atoms with E-state index in [9.17, 15) is 14.4 Å². The number of nitrogens with one attached hydrogen (secondary N) is 1. The molecule has 5 N–H and O–H groups in total. The van der Waals surface area contributed by atoms with Crippen molar-refractivity contribution in [2.75, 3.05) is 30.9 Å². The van der Waals surface area contributed by atoms with Gasteiger partial charge >= 0.3 is 5.97 Å². The van der Waals surface area contributed by atoms with Crippen LogP contribution in [0.4, 0.5) is 0 Å². The van der Waals surface area contributed by atoms with Crippen LogP contribution in [0.2, 0.25) is 0 Å². The molecule has 15 heteroatoms. The molecule has 2 atom stereocenters. The first-order valence-electron chi connectivity index (χ1n) is 13.1. The fraction of sp³-hybridized carbons (Fsp3) is 0.357. The molecule has 0 unspecified atom stereocenters. The fourth-order valence-electron chi connectivity index (χ4n) is 4.27. The summed E-state index contributed by atoms with van der Waals surface area (Å²) in [7, 11) is 1.57. The number of rotatable bonds is 14. The van der Waals surface area contributed by atoms with Gasteiger partial charge in [-0.3, -0.25) is 19.5 Å². The highest BCUT2D eigenvalue weighted by atomic mass is 35.5. The number of benzene rings is 2. The molecule has 0 saturated carbocycles. The van der Waals surface area contributed by atoms with E-state index in [1.165, 1.54) is 40.2 Å². The van der Waals surface area contributed by atoms with Crippen molar-refractivity contribution in [2.24, 2.45) is 16.5 Å². The molecule has 1 fully saturated rings. The monoisotopic (exact) mass is 683 g/mol. The zero-order valence-corrected chi connectivity index (χ0v) is 27.2. The maximum atomic E-state index is 13.6. The van der Waals surface area contributed by atoms with Gasteiger partial charge in [0.2, 0.25) is 5.91 Å². The lowest BCUT2D eigenvalue weighted by Gasteiger charge is -2.49. The fourth-order valence-corrected chi connectivity index (χ4v) is 7.95. The van der Waals surface area contributed by atoms with E-state index < -0.39 is 17.4 Å². The highest BCUT2D eigenvalue weighted by Gasteiger charge is 2.54. The molecule has 4 rings (SSSR count). The summed E-state index contributed by atoms with van der Waals surface area (Å²) >= 11 is 16.4. The molecule has 2 aliphatic rings. The third-order valence-corrected chi connectivity index (χ3v) is 10.6. The van der Waals surface area contributed by atoms with E-state index in [-0.39, 0.29) is 41.7 Å². The normalized spacial score (nSPS) is 17.6. The van der Waals surface area contributed by atoms with Crippen molar-refractivity contribution in [3.05, 3.63) is 69.8 Å². The highest BCUT2D eigenvalue weighted by Crippen LogP contribution is 2.46.